The molecule has 0 saturated heterocycles. The molecule has 0 radical (unpaired) electrons. The summed E-state index contributed by atoms with van der Waals surface area (Å²) < 4.78 is 0. The Balaban J connectivity index is 2.55. The Kier molecular flexibility index (Phi) is 5.25. The van der Waals surface area contributed by atoms with Crippen molar-refractivity contribution in [2.24, 2.45) is 0 Å². The lowest BCUT2D eigenvalue weighted by atomic mass is 10.2. The van der Waals surface area contributed by atoms with E-state index in [1.165, 1.54) is 12.1 Å². The molecule has 2 N–H and O–H groups in total. The second-order valence-corrected chi connectivity index (χ2v) is 4.25. The number of amides is 1. The van der Waals surface area contributed by atoms with Gasteiger partial charge < -0.3 is 15.3 Å². The van der Waals surface area contributed by atoms with Crippen molar-refractivity contribution in [3.8, 4) is 5.75 Å². The van der Waals surface area contributed by atoms with Gasteiger partial charge in [0.1, 0.15) is 5.75 Å². The van der Waals surface area contributed by atoms with Crippen LogP contribution >= 0.6 is 11.6 Å². The molecule has 1 amide bonds. The minimum Gasteiger partial charge on any atom is -0.507 e. The average Bonchev–Trinajstić information content (AvgIpc) is 2.31. The number of rotatable bonds is 5. The third-order valence-corrected chi connectivity index (χ3v) is 2.76. The molecule has 0 aromatic heterocycles. The van der Waals surface area contributed by atoms with Gasteiger partial charge in [0.25, 0.3) is 5.91 Å². The van der Waals surface area contributed by atoms with Gasteiger partial charge in [0, 0.05) is 18.1 Å². The summed E-state index contributed by atoms with van der Waals surface area (Å²) in [4.78, 5) is 13.8. The Labute approximate surface area is 106 Å². The Hall–Kier alpha value is -1.26. The topological polar surface area (TPSA) is 52.6 Å². The number of carbonyl (C=O) groups is 1. The fourth-order valence-corrected chi connectivity index (χ4v) is 1.48. The Morgan fingerprint density at radius 3 is 2.88 bits per heavy atom. The highest BCUT2D eigenvalue weighted by Crippen LogP contribution is 2.20. The molecule has 1 aromatic carbocycles. The van der Waals surface area contributed by atoms with Gasteiger partial charge in [0.2, 0.25) is 0 Å². The highest BCUT2D eigenvalue weighted by Gasteiger charge is 2.11. The summed E-state index contributed by atoms with van der Waals surface area (Å²) in [6.07, 6.45) is 0. The van der Waals surface area contributed by atoms with Gasteiger partial charge in [-0.05, 0) is 31.8 Å². The lowest BCUT2D eigenvalue weighted by Gasteiger charge is -2.14. The van der Waals surface area contributed by atoms with Crippen molar-refractivity contribution in [1.82, 2.24) is 10.2 Å². The number of hydrogen-bond donors (Lipinski definition) is 2. The van der Waals surface area contributed by atoms with Crippen LogP contribution in [0.4, 0.5) is 0 Å². The van der Waals surface area contributed by atoms with Gasteiger partial charge in [-0.25, -0.2) is 0 Å². The molecule has 0 aliphatic heterocycles. The zero-order chi connectivity index (χ0) is 12.8. The van der Waals surface area contributed by atoms with E-state index in [2.05, 4.69) is 10.2 Å². The molecule has 1 rings (SSSR count). The SMILES string of the molecule is CCN(C)CCNC(=O)c1cc(Cl)ccc1O. The zero-order valence-electron chi connectivity index (χ0n) is 10.0. The van der Waals surface area contributed by atoms with E-state index in [9.17, 15) is 9.90 Å². The Bertz CT molecular complexity index is 396. The molecule has 0 aliphatic rings. The molecule has 0 heterocycles. The van der Waals surface area contributed by atoms with Crippen molar-refractivity contribution in [1.29, 1.82) is 0 Å². The molecular weight excluding hydrogens is 240 g/mol. The quantitative estimate of drug-likeness (QED) is 0.844. The van der Waals surface area contributed by atoms with Gasteiger partial charge in [-0.1, -0.05) is 18.5 Å². The molecule has 94 valence electrons. The maximum atomic E-state index is 11.7. The number of phenols is 1. The van der Waals surface area contributed by atoms with Gasteiger partial charge in [-0.3, -0.25) is 4.79 Å². The summed E-state index contributed by atoms with van der Waals surface area (Å²) in [5, 5.41) is 12.7. The van der Waals surface area contributed by atoms with E-state index < -0.39 is 0 Å². The standard InChI is InChI=1S/C12H17ClN2O2/c1-3-15(2)7-6-14-12(17)10-8-9(13)4-5-11(10)16/h4-5,8,16H,3,6-7H2,1-2H3,(H,14,17). The third kappa shape index (κ3) is 4.24. The van der Waals surface area contributed by atoms with Crippen LogP contribution in [0.5, 0.6) is 5.75 Å². The predicted molar refractivity (Wildman–Crippen MR) is 68.6 cm³/mol. The predicted octanol–water partition coefficient (Wildman–Crippen LogP) is 1.73. The van der Waals surface area contributed by atoms with Crippen LogP contribution in [0.25, 0.3) is 0 Å². The fourth-order valence-electron chi connectivity index (χ4n) is 1.30. The molecule has 0 aliphatic carbocycles. The van der Waals surface area contributed by atoms with Crippen LogP contribution in [-0.2, 0) is 0 Å². The van der Waals surface area contributed by atoms with Crippen molar-refractivity contribution < 1.29 is 9.90 Å². The molecule has 0 bridgehead atoms. The maximum absolute atomic E-state index is 11.7. The van der Waals surface area contributed by atoms with Gasteiger partial charge in [0.15, 0.2) is 0 Å². The van der Waals surface area contributed by atoms with Crippen molar-refractivity contribution >= 4 is 17.5 Å². The lowest BCUT2D eigenvalue weighted by Crippen LogP contribution is -2.32. The smallest absolute Gasteiger partial charge is 0.255 e. The highest BCUT2D eigenvalue weighted by molar-refractivity contribution is 6.31. The van der Waals surface area contributed by atoms with Gasteiger partial charge >= 0.3 is 0 Å². The van der Waals surface area contributed by atoms with E-state index in [4.69, 9.17) is 11.6 Å². The van der Waals surface area contributed by atoms with E-state index in [1.54, 1.807) is 6.07 Å². The number of likely N-dealkylation sites (N-methyl/N-ethyl adjacent to an activating group) is 1. The normalized spacial score (nSPS) is 10.6. The number of aromatic hydroxyl groups is 1. The van der Waals surface area contributed by atoms with E-state index in [0.29, 0.717) is 11.6 Å². The zero-order valence-corrected chi connectivity index (χ0v) is 10.8. The first-order valence-electron chi connectivity index (χ1n) is 5.50. The summed E-state index contributed by atoms with van der Waals surface area (Å²) >= 11 is 5.77. The number of halogens is 1. The third-order valence-electron chi connectivity index (χ3n) is 2.52. The molecule has 1 aromatic rings. The van der Waals surface area contributed by atoms with Gasteiger partial charge in [0.05, 0.1) is 5.56 Å². The summed E-state index contributed by atoms with van der Waals surface area (Å²) in [6, 6.07) is 4.41. The Morgan fingerprint density at radius 1 is 1.53 bits per heavy atom. The highest BCUT2D eigenvalue weighted by atomic mass is 35.5. The molecule has 0 spiro atoms. The van der Waals surface area contributed by atoms with Crippen LogP contribution in [0.2, 0.25) is 5.02 Å². The van der Waals surface area contributed by atoms with Crippen molar-refractivity contribution in [2.75, 3.05) is 26.7 Å². The number of carbonyl (C=O) groups excluding carboxylic acids is 1. The molecule has 0 fully saturated rings. The number of benzene rings is 1. The average molecular weight is 257 g/mol. The van der Waals surface area contributed by atoms with E-state index in [-0.39, 0.29) is 17.2 Å². The first-order chi connectivity index (χ1) is 8.04. The minimum absolute atomic E-state index is 0.0595. The van der Waals surface area contributed by atoms with Crippen LogP contribution in [0.1, 0.15) is 17.3 Å². The Morgan fingerprint density at radius 2 is 2.24 bits per heavy atom. The minimum atomic E-state index is -0.311. The van der Waals surface area contributed by atoms with E-state index >= 15 is 0 Å². The molecule has 5 heteroatoms. The lowest BCUT2D eigenvalue weighted by molar-refractivity contribution is 0.0947. The van der Waals surface area contributed by atoms with Crippen LogP contribution in [0.3, 0.4) is 0 Å². The molecule has 4 nitrogen and oxygen atoms in total. The molecular formula is C12H17ClN2O2. The summed E-state index contributed by atoms with van der Waals surface area (Å²) in [7, 11) is 1.98. The van der Waals surface area contributed by atoms with Crippen molar-refractivity contribution in [3.63, 3.8) is 0 Å². The second-order valence-electron chi connectivity index (χ2n) is 3.81. The van der Waals surface area contributed by atoms with Crippen molar-refractivity contribution in [3.05, 3.63) is 28.8 Å². The summed E-state index contributed by atoms with van der Waals surface area (Å²) in [6.45, 7) is 4.28. The van der Waals surface area contributed by atoms with Crippen molar-refractivity contribution in [2.45, 2.75) is 6.92 Å². The fraction of sp³-hybridized carbons (Fsp3) is 0.417. The monoisotopic (exact) mass is 256 g/mol. The van der Waals surface area contributed by atoms with Crippen LogP contribution < -0.4 is 5.32 Å². The first kappa shape index (κ1) is 13.8. The molecule has 0 unspecified atom stereocenters. The first-order valence-corrected chi connectivity index (χ1v) is 5.87. The molecule has 0 atom stereocenters. The van der Waals surface area contributed by atoms with E-state index in [1.807, 2.05) is 14.0 Å². The number of nitrogens with zero attached hydrogens (tertiary/aromatic N) is 1. The molecule has 17 heavy (non-hydrogen) atoms. The summed E-state index contributed by atoms with van der Waals surface area (Å²) in [5.41, 5.74) is 0.205. The number of hydrogen-bond acceptors (Lipinski definition) is 3. The van der Waals surface area contributed by atoms with Gasteiger partial charge in [-0.15, -0.1) is 0 Å². The number of nitrogens with one attached hydrogen (secondary N) is 1. The largest absolute Gasteiger partial charge is 0.507 e. The van der Waals surface area contributed by atoms with Crippen LogP contribution in [0.15, 0.2) is 18.2 Å². The summed E-state index contributed by atoms with van der Waals surface area (Å²) in [5.74, 6) is -0.370. The van der Waals surface area contributed by atoms with E-state index in [0.717, 1.165) is 13.1 Å². The second kappa shape index (κ2) is 6.47. The van der Waals surface area contributed by atoms with Gasteiger partial charge in [-0.2, -0.15) is 0 Å². The molecule has 0 saturated carbocycles. The maximum Gasteiger partial charge on any atom is 0.255 e. The number of phenolic OH excluding ortho intramolecular Hbond substituents is 1. The van der Waals surface area contributed by atoms with Crippen LogP contribution in [-0.4, -0.2) is 42.6 Å². The van der Waals surface area contributed by atoms with Crippen LogP contribution in [0, 0.1) is 0 Å².